The van der Waals surface area contributed by atoms with Crippen LogP contribution in [0.5, 0.6) is 0 Å². The molecule has 0 aliphatic heterocycles. The Labute approximate surface area is 49.0 Å². The number of hydrogen-bond acceptors (Lipinski definition) is 3. The second-order valence-corrected chi connectivity index (χ2v) is 1.48. The lowest BCUT2D eigenvalue weighted by molar-refractivity contribution is -0.556. The van der Waals surface area contributed by atoms with E-state index in [1.165, 1.54) is 0 Å². The molecule has 0 amide bonds. The Balaban J connectivity index is 0. The molecule has 0 aliphatic rings. The van der Waals surface area contributed by atoms with E-state index in [9.17, 15) is 10.4 Å². The van der Waals surface area contributed by atoms with Gasteiger partial charge in [0, 0.05) is 21.3 Å². The van der Waals surface area contributed by atoms with Crippen molar-refractivity contribution in [3.05, 3.63) is 17.8 Å². The summed E-state index contributed by atoms with van der Waals surface area (Å²) in [6, 6.07) is -0.336. The number of hydroxylamine groups is 1. The van der Waals surface area contributed by atoms with Gasteiger partial charge in [-0.25, -0.2) is 0 Å². The zero-order valence-corrected chi connectivity index (χ0v) is 5.29. The first-order valence-corrected chi connectivity index (χ1v) is 1.98. The summed E-state index contributed by atoms with van der Waals surface area (Å²) in [5.41, 5.74) is 0. The lowest BCUT2D eigenvalue weighted by atomic mass is 10.4. The van der Waals surface area contributed by atoms with Gasteiger partial charge in [0.25, 0.3) is 0 Å². The van der Waals surface area contributed by atoms with Crippen molar-refractivity contribution in [2.75, 3.05) is 0 Å². The average Bonchev–Trinajstić information content (AvgIpc) is 1.65. The van der Waals surface area contributed by atoms with Crippen molar-refractivity contribution in [1.82, 2.24) is 0 Å². The van der Waals surface area contributed by atoms with Crippen molar-refractivity contribution in [1.29, 1.82) is 0 Å². The summed E-state index contributed by atoms with van der Waals surface area (Å²) in [6.45, 7) is 3.18. The highest BCUT2D eigenvalue weighted by molar-refractivity contribution is 4.29. The van der Waals surface area contributed by atoms with Crippen LogP contribution in [0.3, 0.4) is 0 Å². The predicted molar refractivity (Wildman–Crippen MR) is 31.0 cm³/mol. The van der Waals surface area contributed by atoms with Gasteiger partial charge in [-0.3, -0.25) is 0 Å². The first kappa shape index (κ1) is 10.1. The molecule has 0 aromatic carbocycles. The number of nitrogens with zero attached hydrogens (tertiary/aromatic N) is 2. The van der Waals surface area contributed by atoms with E-state index in [1.54, 1.807) is 13.8 Å². The standard InChI is InChI=1S/C3H8N2O2.CH3/c1-3(2)5(7)4-6;/h3,6H,1-2H3;1H3/q;+1/p-1/b5-4-;. The van der Waals surface area contributed by atoms with E-state index >= 15 is 0 Å². The zero-order chi connectivity index (χ0) is 5.86. The molecular weight excluding hydrogens is 108 g/mol. The molecule has 0 heterocycles. The summed E-state index contributed by atoms with van der Waals surface area (Å²) < 4.78 is 0. The van der Waals surface area contributed by atoms with Gasteiger partial charge in [0.1, 0.15) is 0 Å². The molecule has 0 atom stereocenters. The van der Waals surface area contributed by atoms with Crippen LogP contribution in [0.1, 0.15) is 13.8 Å². The topological polar surface area (TPSA) is 61.5 Å². The largest absolute Gasteiger partial charge is 0.739 e. The molecule has 0 aromatic heterocycles. The second kappa shape index (κ2) is 4.23. The highest BCUT2D eigenvalue weighted by Crippen LogP contribution is 1.84. The maximum Gasteiger partial charge on any atom is 0.184 e. The van der Waals surface area contributed by atoms with E-state index < -0.39 is 0 Å². The van der Waals surface area contributed by atoms with Gasteiger partial charge in [-0.15, -0.1) is 0 Å². The van der Waals surface area contributed by atoms with Crippen LogP contribution >= 0.6 is 0 Å². The normalized spacial score (nSPS) is 11.1. The molecule has 0 saturated carbocycles. The van der Waals surface area contributed by atoms with Crippen LogP contribution in [-0.2, 0) is 0 Å². The van der Waals surface area contributed by atoms with Crippen molar-refractivity contribution in [2.24, 2.45) is 5.28 Å². The Morgan fingerprint density at radius 2 is 1.88 bits per heavy atom. The first-order valence-electron chi connectivity index (χ1n) is 1.98. The molecule has 4 nitrogen and oxygen atoms in total. The highest BCUT2D eigenvalue weighted by Gasteiger charge is 1.95. The molecule has 0 saturated heterocycles. The molecule has 0 rings (SSSR count). The summed E-state index contributed by atoms with van der Waals surface area (Å²) in [5, 5.41) is 21.4. The molecule has 4 heteroatoms. The third-order valence-electron chi connectivity index (χ3n) is 0.522. The van der Waals surface area contributed by atoms with Crippen LogP contribution in [0, 0.1) is 17.8 Å². The maximum atomic E-state index is 9.95. The van der Waals surface area contributed by atoms with Crippen LogP contribution < -0.4 is 0 Å². The first-order chi connectivity index (χ1) is 3.18. The predicted octanol–water partition coefficient (Wildman–Crippen LogP) is 1.31. The Hall–Kier alpha value is -0.930. The number of rotatable bonds is 1. The lowest BCUT2D eigenvalue weighted by Gasteiger charge is -2.03. The average molecular weight is 118 g/mol. The van der Waals surface area contributed by atoms with Gasteiger partial charge in [0.2, 0.25) is 0 Å². The third-order valence-corrected chi connectivity index (χ3v) is 0.522. The van der Waals surface area contributed by atoms with E-state index in [0.29, 0.717) is 0 Å². The Morgan fingerprint density at radius 3 is 1.88 bits per heavy atom. The molecule has 48 valence electrons. The molecule has 0 fully saturated rings. The van der Waals surface area contributed by atoms with Crippen molar-refractivity contribution >= 4 is 0 Å². The minimum absolute atomic E-state index is 0. The van der Waals surface area contributed by atoms with Gasteiger partial charge in [-0.05, 0) is 5.28 Å². The molecule has 0 aromatic rings. The molecule has 0 bridgehead atoms. The van der Waals surface area contributed by atoms with E-state index in [2.05, 4.69) is 5.28 Å². The van der Waals surface area contributed by atoms with E-state index in [4.69, 9.17) is 0 Å². The van der Waals surface area contributed by atoms with Gasteiger partial charge in [0.15, 0.2) is 6.04 Å². The summed E-state index contributed by atoms with van der Waals surface area (Å²) in [5.74, 6) is 0. The van der Waals surface area contributed by atoms with Crippen LogP contribution in [-0.4, -0.2) is 10.9 Å². The Morgan fingerprint density at radius 1 is 1.50 bits per heavy atom. The van der Waals surface area contributed by atoms with Gasteiger partial charge >= 0.3 is 0 Å². The molecule has 0 spiro atoms. The van der Waals surface area contributed by atoms with Gasteiger partial charge < -0.3 is 10.4 Å². The SMILES string of the molecule is CC(C)/[N+]([O-])=N/[O-].[CH3+]. The smallest absolute Gasteiger partial charge is 0.184 e. The van der Waals surface area contributed by atoms with Gasteiger partial charge in [0.05, 0.1) is 0 Å². The monoisotopic (exact) mass is 118 g/mol. The Kier molecular flexibility index (Phi) is 5.36. The summed E-state index contributed by atoms with van der Waals surface area (Å²) in [6.07, 6.45) is 0. The second-order valence-electron chi connectivity index (χ2n) is 1.48. The van der Waals surface area contributed by atoms with E-state index in [0.717, 1.165) is 0 Å². The minimum Gasteiger partial charge on any atom is -0.739 e. The molecule has 8 heavy (non-hydrogen) atoms. The van der Waals surface area contributed by atoms with Crippen molar-refractivity contribution in [3.8, 4) is 0 Å². The van der Waals surface area contributed by atoms with Crippen molar-refractivity contribution in [3.63, 3.8) is 0 Å². The summed E-state index contributed by atoms with van der Waals surface area (Å²) >= 11 is 0. The summed E-state index contributed by atoms with van der Waals surface area (Å²) in [4.78, 5) is 0.111. The van der Waals surface area contributed by atoms with E-state index in [-0.39, 0.29) is 18.3 Å². The fourth-order valence-electron chi connectivity index (χ4n) is 0.0943. The van der Waals surface area contributed by atoms with Gasteiger partial charge in [-0.2, -0.15) is 0 Å². The highest BCUT2D eigenvalue weighted by atomic mass is 16.6. The van der Waals surface area contributed by atoms with Crippen molar-refractivity contribution in [2.45, 2.75) is 19.9 Å². The molecule has 0 N–H and O–H groups in total. The lowest BCUT2D eigenvalue weighted by Crippen LogP contribution is -2.09. The summed E-state index contributed by atoms with van der Waals surface area (Å²) in [7, 11) is 0. The number of hydrogen-bond donors (Lipinski definition) is 0. The van der Waals surface area contributed by atoms with Crippen LogP contribution in [0.2, 0.25) is 0 Å². The van der Waals surface area contributed by atoms with E-state index in [1.807, 2.05) is 0 Å². The Bertz CT molecular complexity index is 80.1. The van der Waals surface area contributed by atoms with Gasteiger partial charge in [-0.1, -0.05) is 4.86 Å². The molecule has 0 radical (unpaired) electrons. The quantitative estimate of drug-likeness (QED) is 0.225. The fourth-order valence-corrected chi connectivity index (χ4v) is 0.0943. The van der Waals surface area contributed by atoms with Crippen molar-refractivity contribution < 1.29 is 4.86 Å². The molecule has 0 aliphatic carbocycles. The minimum atomic E-state index is -0.336. The third kappa shape index (κ3) is 3.27. The van der Waals surface area contributed by atoms with Crippen LogP contribution in [0.25, 0.3) is 0 Å². The zero-order valence-electron chi connectivity index (χ0n) is 5.29. The maximum absolute atomic E-state index is 9.95. The molecular formula is C4H10N2O2. The fraction of sp³-hybridized carbons (Fsp3) is 0.750. The van der Waals surface area contributed by atoms with Crippen LogP contribution in [0.4, 0.5) is 0 Å². The molecule has 0 unspecified atom stereocenters. The van der Waals surface area contributed by atoms with Crippen LogP contribution in [0.15, 0.2) is 5.28 Å².